The Morgan fingerprint density at radius 2 is 1.86 bits per heavy atom. The minimum Gasteiger partial charge on any atom is -0.469 e. The zero-order valence-corrected chi connectivity index (χ0v) is 11.4. The molecule has 2 aliphatic heterocycles. The van der Waals surface area contributed by atoms with Gasteiger partial charge in [0.25, 0.3) is 5.75 Å². The van der Waals surface area contributed by atoms with Crippen LogP contribution in [0, 0.1) is 0 Å². The molecule has 1 aromatic rings. The highest BCUT2D eigenvalue weighted by atomic mass is 16.7. The van der Waals surface area contributed by atoms with Gasteiger partial charge in [-0.2, -0.15) is 0 Å². The van der Waals surface area contributed by atoms with Gasteiger partial charge in [-0.25, -0.2) is 9.59 Å². The molecule has 1 fully saturated rings. The number of ether oxygens (including phenoxy) is 3. The summed E-state index contributed by atoms with van der Waals surface area (Å²) in [6.45, 7) is 1.81. The van der Waals surface area contributed by atoms with Gasteiger partial charge < -0.3 is 23.6 Å². The van der Waals surface area contributed by atoms with Gasteiger partial charge in [0.05, 0.1) is 0 Å². The quantitative estimate of drug-likeness (QED) is 0.729. The number of piperidine rings is 1. The van der Waals surface area contributed by atoms with Gasteiger partial charge in [0.15, 0.2) is 0 Å². The van der Waals surface area contributed by atoms with Gasteiger partial charge in [-0.3, -0.25) is 0 Å². The molecule has 0 radical (unpaired) electrons. The molecule has 3 rings (SSSR count). The molecule has 112 valence electrons. The fourth-order valence-corrected chi connectivity index (χ4v) is 2.14. The third-order valence-corrected chi connectivity index (χ3v) is 3.29. The van der Waals surface area contributed by atoms with Crippen molar-refractivity contribution in [2.45, 2.75) is 18.9 Å². The minimum atomic E-state index is -0.741. The third kappa shape index (κ3) is 3.05. The molecule has 8 heteroatoms. The minimum absolute atomic E-state index is 0.0241. The maximum absolute atomic E-state index is 11.5. The van der Waals surface area contributed by atoms with E-state index in [9.17, 15) is 9.59 Å². The van der Waals surface area contributed by atoms with Crippen molar-refractivity contribution in [2.75, 3.05) is 20.1 Å². The van der Waals surface area contributed by atoms with E-state index in [2.05, 4.69) is 10.1 Å². The van der Waals surface area contributed by atoms with Crippen LogP contribution < -0.4 is 14.2 Å². The molecule has 0 saturated carbocycles. The molecule has 1 saturated heterocycles. The first kappa shape index (κ1) is 13.6. The van der Waals surface area contributed by atoms with E-state index in [1.54, 1.807) is 0 Å². The summed E-state index contributed by atoms with van der Waals surface area (Å²) in [5.74, 6) is -1.81. The lowest BCUT2D eigenvalue weighted by Gasteiger charge is -2.28. The molecule has 2 aliphatic rings. The van der Waals surface area contributed by atoms with Gasteiger partial charge in [0.2, 0.25) is 0 Å². The van der Waals surface area contributed by atoms with Crippen LogP contribution in [0.3, 0.4) is 0 Å². The summed E-state index contributed by atoms with van der Waals surface area (Å²) in [5.41, 5.74) is 0. The Morgan fingerprint density at radius 3 is 2.57 bits per heavy atom. The largest absolute Gasteiger partial charge is 0.469 e. The molecular weight excluding hydrogens is 280 g/mol. The number of nitrogens with zero attached hydrogens (tertiary/aromatic N) is 2. The van der Waals surface area contributed by atoms with Crippen molar-refractivity contribution in [1.29, 1.82) is 0 Å². The molecule has 0 aliphatic carbocycles. The van der Waals surface area contributed by atoms with Crippen molar-refractivity contribution in [3.63, 3.8) is 0 Å². The van der Waals surface area contributed by atoms with E-state index >= 15 is 0 Å². The van der Waals surface area contributed by atoms with Gasteiger partial charge in [0.1, 0.15) is 6.10 Å². The summed E-state index contributed by atoms with van der Waals surface area (Å²) in [5, 5.41) is 3.67. The highest BCUT2D eigenvalue weighted by Crippen LogP contribution is 2.39. The number of carbonyl (C=O) groups is 2. The molecule has 8 nitrogen and oxygen atoms in total. The number of aromatic nitrogens is 1. The van der Waals surface area contributed by atoms with Crippen LogP contribution in [-0.4, -0.2) is 48.2 Å². The molecule has 3 heterocycles. The fourth-order valence-electron chi connectivity index (χ4n) is 2.14. The lowest BCUT2D eigenvalue weighted by Crippen LogP contribution is -2.35. The molecule has 0 spiro atoms. The fraction of sp³-hybridized carbons (Fsp3) is 0.462. The number of hydrogen-bond acceptors (Lipinski definition) is 8. The molecule has 1 aromatic heterocycles. The molecule has 0 bridgehead atoms. The number of hydrogen-bond donors (Lipinski definition) is 0. The lowest BCUT2D eigenvalue weighted by molar-refractivity contribution is -0.134. The summed E-state index contributed by atoms with van der Waals surface area (Å²) in [7, 11) is 2.04. The van der Waals surface area contributed by atoms with Crippen molar-refractivity contribution < 1.29 is 28.3 Å². The predicted molar refractivity (Wildman–Crippen MR) is 68.1 cm³/mol. The third-order valence-electron chi connectivity index (χ3n) is 3.29. The first-order chi connectivity index (χ1) is 10.1. The van der Waals surface area contributed by atoms with Crippen LogP contribution >= 0.6 is 0 Å². The van der Waals surface area contributed by atoms with E-state index in [4.69, 9.17) is 18.7 Å². The number of fused-ring (bicyclic) bond motifs is 1. The molecule has 0 unspecified atom stereocenters. The van der Waals surface area contributed by atoms with Gasteiger partial charge in [-0.05, 0) is 25.0 Å². The number of carbonyl (C=O) groups excluding carboxylic acids is 2. The zero-order chi connectivity index (χ0) is 14.8. The molecule has 0 atom stereocenters. The van der Waals surface area contributed by atoms with Crippen molar-refractivity contribution in [2.24, 2.45) is 0 Å². The number of esters is 2. The molecule has 0 amide bonds. The normalized spacial score (nSPS) is 21.8. The second-order valence-electron chi connectivity index (χ2n) is 4.90. The van der Waals surface area contributed by atoms with Crippen molar-refractivity contribution >= 4 is 11.9 Å². The predicted octanol–water partition coefficient (Wildman–Crippen LogP) is 0.528. The second kappa shape index (κ2) is 5.57. The van der Waals surface area contributed by atoms with Crippen molar-refractivity contribution in [3.8, 4) is 17.6 Å². The lowest BCUT2D eigenvalue weighted by atomic mass is 10.1. The summed E-state index contributed by atoms with van der Waals surface area (Å²) in [4.78, 5) is 25.0. The molecule has 0 N–H and O–H groups in total. The van der Waals surface area contributed by atoms with Crippen LogP contribution in [0.25, 0.3) is 0 Å². The monoisotopic (exact) mass is 294 g/mol. The summed E-state index contributed by atoms with van der Waals surface area (Å²) >= 11 is 0. The van der Waals surface area contributed by atoms with Crippen LogP contribution in [0.15, 0.2) is 16.7 Å². The molecule has 0 aromatic carbocycles. The standard InChI is InChI=1S/C13H14N2O6/c1-15-6-4-8(5-7-15)18-12-11-13(21-14-12)20-10(17)3-2-9(16)19-11/h2-3,8H,4-7H2,1H3/b3-2+. The van der Waals surface area contributed by atoms with Gasteiger partial charge in [0, 0.05) is 25.2 Å². The maximum Gasteiger partial charge on any atom is 0.367 e. The van der Waals surface area contributed by atoms with Crippen LogP contribution in [0.1, 0.15) is 12.8 Å². The van der Waals surface area contributed by atoms with Crippen LogP contribution in [0.5, 0.6) is 17.6 Å². The Hall–Kier alpha value is -2.35. The maximum atomic E-state index is 11.5. The first-order valence-electron chi connectivity index (χ1n) is 6.58. The van der Waals surface area contributed by atoms with E-state index < -0.39 is 11.9 Å². The van der Waals surface area contributed by atoms with Crippen LogP contribution in [-0.2, 0) is 9.59 Å². The smallest absolute Gasteiger partial charge is 0.367 e. The SMILES string of the molecule is CN1CCC(Oc2noc3c2OC(=O)/C=C/C(=O)O3)CC1. The Morgan fingerprint density at radius 1 is 1.19 bits per heavy atom. The Kier molecular flexibility index (Phi) is 3.61. The summed E-state index contributed by atoms with van der Waals surface area (Å²) in [6, 6.07) is 0. The van der Waals surface area contributed by atoms with Crippen LogP contribution in [0.4, 0.5) is 0 Å². The molecular formula is C13H14N2O6. The Labute approximate surface area is 120 Å². The van der Waals surface area contributed by atoms with E-state index in [0.717, 1.165) is 38.1 Å². The zero-order valence-electron chi connectivity index (χ0n) is 11.4. The molecule has 21 heavy (non-hydrogen) atoms. The van der Waals surface area contributed by atoms with Crippen molar-refractivity contribution in [1.82, 2.24) is 10.1 Å². The Balaban J connectivity index is 1.77. The number of likely N-dealkylation sites (tertiary alicyclic amines) is 1. The van der Waals surface area contributed by atoms with Gasteiger partial charge in [-0.1, -0.05) is 0 Å². The highest BCUT2D eigenvalue weighted by Gasteiger charge is 2.29. The average Bonchev–Trinajstić information content (AvgIpc) is 2.80. The van der Waals surface area contributed by atoms with Gasteiger partial charge in [-0.15, -0.1) is 0 Å². The first-order valence-corrected chi connectivity index (χ1v) is 6.58. The average molecular weight is 294 g/mol. The van der Waals surface area contributed by atoms with E-state index in [1.165, 1.54) is 0 Å². The van der Waals surface area contributed by atoms with E-state index in [-0.39, 0.29) is 23.7 Å². The summed E-state index contributed by atoms with van der Waals surface area (Å²) < 4.78 is 20.4. The topological polar surface area (TPSA) is 91.1 Å². The van der Waals surface area contributed by atoms with Crippen molar-refractivity contribution in [3.05, 3.63) is 12.2 Å². The second-order valence-corrected chi connectivity index (χ2v) is 4.90. The number of rotatable bonds is 2. The Bertz CT molecular complexity index is 585. The van der Waals surface area contributed by atoms with E-state index in [0.29, 0.717) is 0 Å². The highest BCUT2D eigenvalue weighted by molar-refractivity contribution is 5.95. The van der Waals surface area contributed by atoms with Gasteiger partial charge >= 0.3 is 23.8 Å². The summed E-state index contributed by atoms with van der Waals surface area (Å²) in [6.07, 6.45) is 3.52. The van der Waals surface area contributed by atoms with Crippen LogP contribution in [0.2, 0.25) is 0 Å². The van der Waals surface area contributed by atoms with E-state index in [1.807, 2.05) is 7.05 Å².